The van der Waals surface area contributed by atoms with Crippen LogP contribution in [-0.4, -0.2) is 37.9 Å². The normalized spacial score (nSPS) is 13.3. The predicted molar refractivity (Wildman–Crippen MR) is 297 cm³/mol. The van der Waals surface area contributed by atoms with Crippen LogP contribution in [0.1, 0.15) is 226 Å². The fraction of sp³-hybridized carbons (Fsp3) is 0.619. The Morgan fingerprint density at radius 2 is 0.662 bits per heavy atom. The second-order valence-corrected chi connectivity index (χ2v) is 17.7. The van der Waals surface area contributed by atoms with Gasteiger partial charge in [0.15, 0.2) is 6.10 Å². The van der Waals surface area contributed by atoms with Crippen LogP contribution in [-0.2, 0) is 23.8 Å². The van der Waals surface area contributed by atoms with Crippen LogP contribution in [0.5, 0.6) is 0 Å². The summed E-state index contributed by atoms with van der Waals surface area (Å²) in [6.45, 7) is 7.47. The summed E-state index contributed by atoms with van der Waals surface area (Å²) in [4.78, 5) is 25.5. The van der Waals surface area contributed by atoms with Gasteiger partial charge in [0.2, 0.25) is 0 Å². The first kappa shape index (κ1) is 64.0. The highest BCUT2D eigenvalue weighted by Crippen LogP contribution is 2.12. The van der Waals surface area contributed by atoms with Crippen LogP contribution in [0.15, 0.2) is 134 Å². The van der Waals surface area contributed by atoms with E-state index in [2.05, 4.69) is 154 Å². The van der Waals surface area contributed by atoms with Gasteiger partial charge in [-0.15, -0.1) is 0 Å². The summed E-state index contributed by atoms with van der Waals surface area (Å²) in [6.07, 6.45) is 81.8. The van der Waals surface area contributed by atoms with Gasteiger partial charge in [-0.25, -0.2) is 0 Å². The molecule has 384 valence electrons. The average Bonchev–Trinajstić information content (AvgIpc) is 3.34. The Balaban J connectivity index is 4.41. The number of ether oxygens (including phenoxy) is 3. The highest BCUT2D eigenvalue weighted by atomic mass is 16.6. The maximum Gasteiger partial charge on any atom is 0.306 e. The van der Waals surface area contributed by atoms with Crippen molar-refractivity contribution in [3.05, 3.63) is 134 Å². The smallest absolute Gasteiger partial charge is 0.306 e. The molecule has 0 spiro atoms. The van der Waals surface area contributed by atoms with Gasteiger partial charge in [-0.2, -0.15) is 0 Å². The number of unbranched alkanes of at least 4 members (excludes halogenated alkanes) is 16. The number of carbonyl (C=O) groups is 2. The van der Waals surface area contributed by atoms with Gasteiger partial charge in [-0.3, -0.25) is 9.59 Å². The van der Waals surface area contributed by atoms with Gasteiger partial charge in [-0.05, 0) is 135 Å². The molecule has 1 atom stereocenters. The summed E-state index contributed by atoms with van der Waals surface area (Å²) in [5.41, 5.74) is 0. The van der Waals surface area contributed by atoms with Crippen LogP contribution in [0.4, 0.5) is 0 Å². The maximum absolute atomic E-state index is 12.8. The molecule has 0 aromatic rings. The number of rotatable bonds is 49. The fourth-order valence-corrected chi connectivity index (χ4v) is 7.09. The average molecular weight is 940 g/mol. The van der Waals surface area contributed by atoms with Crippen molar-refractivity contribution >= 4 is 11.9 Å². The molecule has 0 aliphatic heterocycles. The van der Waals surface area contributed by atoms with Gasteiger partial charge >= 0.3 is 11.9 Å². The van der Waals surface area contributed by atoms with E-state index in [1.54, 1.807) is 0 Å². The van der Waals surface area contributed by atoms with E-state index in [-0.39, 0.29) is 25.2 Å². The highest BCUT2D eigenvalue weighted by Gasteiger charge is 2.17. The summed E-state index contributed by atoms with van der Waals surface area (Å²) in [5.74, 6) is -0.467. The van der Waals surface area contributed by atoms with E-state index in [0.717, 1.165) is 141 Å². The van der Waals surface area contributed by atoms with E-state index in [4.69, 9.17) is 14.2 Å². The summed E-state index contributed by atoms with van der Waals surface area (Å²) in [5, 5.41) is 0. The Morgan fingerprint density at radius 1 is 0.338 bits per heavy atom. The van der Waals surface area contributed by atoms with E-state index >= 15 is 0 Å². The topological polar surface area (TPSA) is 61.8 Å². The molecular weight excluding hydrogens is 837 g/mol. The quantitative estimate of drug-likeness (QED) is 0.0345. The van der Waals surface area contributed by atoms with E-state index in [1.165, 1.54) is 51.4 Å². The Kier molecular flexibility index (Phi) is 54.0. The Bertz CT molecular complexity index is 1430. The van der Waals surface area contributed by atoms with Crippen LogP contribution in [0.3, 0.4) is 0 Å². The molecule has 0 aliphatic rings. The molecule has 0 N–H and O–H groups in total. The standard InChI is InChI=1S/C63H102O5/c1-4-7-10-13-16-19-22-25-27-29-31-33-35-37-40-43-46-49-52-55-58-66-59-61(68-63(65)57-54-51-48-45-42-38-24-21-18-15-12-9-6-3)60-67-62(64)56-53-50-47-44-41-39-36-34-32-30-28-26-23-20-17-14-11-8-5-2/h7-8,10-11,16-17,19-21,24-28,31-34,37,39-41,61H,4-6,9,12-15,18,22-23,29-30,35-36,38,42-60H2,1-3H3/b10-7-,11-8-,19-16-,20-17-,24-21-,27-25-,28-26-,33-31-,34-32-,40-37-,41-39-. The van der Waals surface area contributed by atoms with Crippen molar-refractivity contribution in [1.29, 1.82) is 0 Å². The molecule has 0 aliphatic carbocycles. The Labute approximate surface area is 419 Å². The van der Waals surface area contributed by atoms with Crippen molar-refractivity contribution in [2.24, 2.45) is 0 Å². The molecule has 0 amide bonds. The summed E-state index contributed by atoms with van der Waals surface area (Å²) in [6, 6.07) is 0. The van der Waals surface area contributed by atoms with Crippen molar-refractivity contribution in [3.63, 3.8) is 0 Å². The van der Waals surface area contributed by atoms with E-state index < -0.39 is 6.10 Å². The Hall–Kier alpha value is -3.96. The minimum atomic E-state index is -0.578. The molecular formula is C63H102O5. The molecule has 1 unspecified atom stereocenters. The van der Waals surface area contributed by atoms with Gasteiger partial charge < -0.3 is 14.2 Å². The molecule has 0 saturated carbocycles. The number of hydrogen-bond acceptors (Lipinski definition) is 5. The molecule has 0 bridgehead atoms. The zero-order valence-corrected chi connectivity index (χ0v) is 44.1. The lowest BCUT2D eigenvalue weighted by Crippen LogP contribution is -2.30. The van der Waals surface area contributed by atoms with Crippen molar-refractivity contribution in [3.8, 4) is 0 Å². The fourth-order valence-electron chi connectivity index (χ4n) is 7.09. The zero-order chi connectivity index (χ0) is 49.2. The van der Waals surface area contributed by atoms with Crippen molar-refractivity contribution in [1.82, 2.24) is 0 Å². The second-order valence-electron chi connectivity index (χ2n) is 17.7. The molecule has 0 heterocycles. The summed E-state index contributed by atoms with van der Waals surface area (Å²) < 4.78 is 17.4. The maximum atomic E-state index is 12.8. The number of carbonyl (C=O) groups excluding carboxylic acids is 2. The third-order valence-electron chi connectivity index (χ3n) is 11.2. The van der Waals surface area contributed by atoms with Crippen molar-refractivity contribution in [2.45, 2.75) is 232 Å². The van der Waals surface area contributed by atoms with Crippen molar-refractivity contribution < 1.29 is 23.8 Å². The van der Waals surface area contributed by atoms with Gasteiger partial charge in [0.1, 0.15) is 6.61 Å². The number of allylic oxidation sites excluding steroid dienone is 22. The van der Waals surface area contributed by atoms with Crippen molar-refractivity contribution in [2.75, 3.05) is 19.8 Å². The first-order valence-electron chi connectivity index (χ1n) is 27.7. The lowest BCUT2D eigenvalue weighted by molar-refractivity contribution is -0.163. The lowest BCUT2D eigenvalue weighted by atomic mass is 10.1. The van der Waals surface area contributed by atoms with Crippen LogP contribution in [0.25, 0.3) is 0 Å². The highest BCUT2D eigenvalue weighted by molar-refractivity contribution is 5.70. The summed E-state index contributed by atoms with van der Waals surface area (Å²) >= 11 is 0. The molecule has 0 aromatic heterocycles. The van der Waals surface area contributed by atoms with Crippen LogP contribution < -0.4 is 0 Å². The predicted octanol–water partition coefficient (Wildman–Crippen LogP) is 19.1. The van der Waals surface area contributed by atoms with Gasteiger partial charge in [0.25, 0.3) is 0 Å². The van der Waals surface area contributed by atoms with Gasteiger partial charge in [0, 0.05) is 19.4 Å². The van der Waals surface area contributed by atoms with E-state index in [1.807, 2.05) is 0 Å². The molecule has 5 nitrogen and oxygen atoms in total. The first-order chi connectivity index (χ1) is 33.6. The SMILES string of the molecule is CC/C=C\C/C=C\C/C=C\C/C=C\C/C=C\CCCCCCOCC(COC(=O)CCCCC/C=C\C/C=C\C/C=C\C/C=C\C/C=C\CC)OC(=O)CCCCCCC/C=C\CCCCCC. The molecule has 0 radical (unpaired) electrons. The third kappa shape index (κ3) is 54.6. The number of hydrogen-bond donors (Lipinski definition) is 0. The minimum absolute atomic E-state index is 0.0456. The van der Waals surface area contributed by atoms with Gasteiger partial charge in [-0.1, -0.05) is 212 Å². The molecule has 0 rings (SSSR count). The van der Waals surface area contributed by atoms with E-state index in [0.29, 0.717) is 19.4 Å². The van der Waals surface area contributed by atoms with Crippen LogP contribution in [0, 0.1) is 0 Å². The summed E-state index contributed by atoms with van der Waals surface area (Å²) in [7, 11) is 0. The monoisotopic (exact) mass is 939 g/mol. The van der Waals surface area contributed by atoms with Gasteiger partial charge in [0.05, 0.1) is 6.61 Å². The van der Waals surface area contributed by atoms with Crippen LogP contribution in [0.2, 0.25) is 0 Å². The molecule has 5 heteroatoms. The molecule has 68 heavy (non-hydrogen) atoms. The van der Waals surface area contributed by atoms with E-state index in [9.17, 15) is 9.59 Å². The molecule has 0 aromatic carbocycles. The lowest BCUT2D eigenvalue weighted by Gasteiger charge is -2.18. The number of esters is 2. The second kappa shape index (κ2) is 57.4. The molecule has 0 fully saturated rings. The van der Waals surface area contributed by atoms with Crippen LogP contribution >= 0.6 is 0 Å². The third-order valence-corrected chi connectivity index (χ3v) is 11.2. The molecule has 0 saturated heterocycles. The zero-order valence-electron chi connectivity index (χ0n) is 44.1. The Morgan fingerprint density at radius 3 is 1.09 bits per heavy atom. The minimum Gasteiger partial charge on any atom is -0.462 e. The largest absolute Gasteiger partial charge is 0.462 e. The first-order valence-corrected chi connectivity index (χ1v) is 27.7.